The number of likely N-dealkylation sites (tertiary alicyclic amines) is 1. The van der Waals surface area contributed by atoms with Crippen molar-refractivity contribution in [3.63, 3.8) is 0 Å². The van der Waals surface area contributed by atoms with Crippen LogP contribution in [0.2, 0.25) is 0 Å². The van der Waals surface area contributed by atoms with E-state index in [4.69, 9.17) is 4.74 Å². The van der Waals surface area contributed by atoms with Crippen LogP contribution < -0.4 is 0 Å². The molecule has 2 aliphatic rings. The SMILES string of the molecule is COCCCC(=O)N1Cc2ccc(-c3ccc(CCN4CCC[C@H]4C)cc3)cc2C1. The lowest BCUT2D eigenvalue weighted by molar-refractivity contribution is -0.132. The highest BCUT2D eigenvalue weighted by molar-refractivity contribution is 5.77. The van der Waals surface area contributed by atoms with Crippen LogP contribution in [0, 0.1) is 0 Å². The minimum absolute atomic E-state index is 0.224. The lowest BCUT2D eigenvalue weighted by atomic mass is 9.99. The monoisotopic (exact) mass is 406 g/mol. The number of carbonyl (C=O) groups excluding carboxylic acids is 1. The summed E-state index contributed by atoms with van der Waals surface area (Å²) in [7, 11) is 1.68. The van der Waals surface area contributed by atoms with E-state index in [1.807, 2.05) is 4.90 Å². The first-order valence-electron chi connectivity index (χ1n) is 11.4. The van der Waals surface area contributed by atoms with E-state index in [2.05, 4.69) is 54.3 Å². The van der Waals surface area contributed by atoms with E-state index < -0.39 is 0 Å². The van der Waals surface area contributed by atoms with Gasteiger partial charge in [-0.25, -0.2) is 0 Å². The number of amides is 1. The van der Waals surface area contributed by atoms with E-state index in [0.29, 0.717) is 13.0 Å². The quantitative estimate of drug-likeness (QED) is 0.598. The van der Waals surface area contributed by atoms with E-state index in [9.17, 15) is 4.79 Å². The standard InChI is InChI=1S/C26H34N2O2/c1-20-5-3-14-27(20)15-13-21-7-9-22(10-8-21)23-11-12-24-18-28(19-25(24)17-23)26(29)6-4-16-30-2/h7-12,17,20H,3-6,13-16,18-19H2,1-2H3/t20-/m1/s1. The van der Waals surface area contributed by atoms with Crippen molar-refractivity contribution >= 4 is 5.91 Å². The molecule has 0 aliphatic carbocycles. The maximum Gasteiger partial charge on any atom is 0.223 e. The molecule has 2 heterocycles. The molecule has 4 heteroatoms. The predicted octanol–water partition coefficient (Wildman–Crippen LogP) is 4.65. The number of nitrogens with zero attached hydrogens (tertiary/aromatic N) is 2. The molecule has 0 spiro atoms. The second kappa shape index (κ2) is 9.76. The molecular weight excluding hydrogens is 372 g/mol. The van der Waals surface area contributed by atoms with Gasteiger partial charge in [-0.05, 0) is 73.0 Å². The molecular formula is C26H34N2O2. The lowest BCUT2D eigenvalue weighted by Gasteiger charge is -2.20. The fourth-order valence-corrected chi connectivity index (χ4v) is 4.74. The minimum Gasteiger partial charge on any atom is -0.385 e. The number of fused-ring (bicyclic) bond motifs is 1. The molecule has 0 N–H and O–H groups in total. The van der Waals surface area contributed by atoms with Gasteiger partial charge in [0.05, 0.1) is 0 Å². The van der Waals surface area contributed by atoms with Crippen LogP contribution in [0.4, 0.5) is 0 Å². The smallest absolute Gasteiger partial charge is 0.223 e. The third kappa shape index (κ3) is 4.93. The average Bonchev–Trinajstić information content (AvgIpc) is 3.38. The van der Waals surface area contributed by atoms with Crippen molar-refractivity contribution < 1.29 is 9.53 Å². The van der Waals surface area contributed by atoms with Gasteiger partial charge >= 0.3 is 0 Å². The van der Waals surface area contributed by atoms with Crippen molar-refractivity contribution in [3.8, 4) is 11.1 Å². The molecule has 1 fully saturated rings. The molecule has 0 saturated carbocycles. The normalized spacial score (nSPS) is 18.7. The van der Waals surface area contributed by atoms with Gasteiger partial charge in [-0.2, -0.15) is 0 Å². The van der Waals surface area contributed by atoms with Crippen LogP contribution in [0.3, 0.4) is 0 Å². The maximum atomic E-state index is 12.4. The molecule has 4 nitrogen and oxygen atoms in total. The summed E-state index contributed by atoms with van der Waals surface area (Å²) in [5.74, 6) is 0.224. The number of hydrogen-bond donors (Lipinski definition) is 0. The molecule has 2 aliphatic heterocycles. The summed E-state index contributed by atoms with van der Waals surface area (Å²) in [6.45, 7) is 6.85. The zero-order valence-corrected chi connectivity index (χ0v) is 18.4. The first-order valence-corrected chi connectivity index (χ1v) is 11.4. The molecule has 160 valence electrons. The molecule has 0 unspecified atom stereocenters. The van der Waals surface area contributed by atoms with Gasteiger partial charge in [0.15, 0.2) is 0 Å². The number of methoxy groups -OCH3 is 1. The Labute approximate surface area is 180 Å². The van der Waals surface area contributed by atoms with E-state index in [1.165, 1.54) is 47.2 Å². The molecule has 4 rings (SSSR count). The van der Waals surface area contributed by atoms with Crippen LogP contribution in [0.5, 0.6) is 0 Å². The summed E-state index contributed by atoms with van der Waals surface area (Å²) in [6, 6.07) is 16.4. The summed E-state index contributed by atoms with van der Waals surface area (Å²) in [5.41, 5.74) is 6.45. The Kier molecular flexibility index (Phi) is 6.86. The van der Waals surface area contributed by atoms with Gasteiger partial charge in [-0.1, -0.05) is 36.4 Å². The second-order valence-electron chi connectivity index (χ2n) is 8.80. The highest BCUT2D eigenvalue weighted by Gasteiger charge is 2.23. The molecule has 2 aromatic carbocycles. The Hall–Kier alpha value is -2.17. The van der Waals surface area contributed by atoms with Gasteiger partial charge in [0.2, 0.25) is 5.91 Å². The molecule has 1 amide bonds. The summed E-state index contributed by atoms with van der Waals surface area (Å²) in [6.07, 6.45) is 5.15. The molecule has 1 atom stereocenters. The lowest BCUT2D eigenvalue weighted by Crippen LogP contribution is -2.28. The van der Waals surface area contributed by atoms with Crippen molar-refractivity contribution in [2.24, 2.45) is 0 Å². The highest BCUT2D eigenvalue weighted by atomic mass is 16.5. The van der Waals surface area contributed by atoms with E-state index in [-0.39, 0.29) is 5.91 Å². The van der Waals surface area contributed by atoms with Crippen LogP contribution in [0.25, 0.3) is 11.1 Å². The van der Waals surface area contributed by atoms with Crippen molar-refractivity contribution in [3.05, 3.63) is 59.2 Å². The molecule has 30 heavy (non-hydrogen) atoms. The van der Waals surface area contributed by atoms with Gasteiger partial charge < -0.3 is 14.5 Å². The minimum atomic E-state index is 0.224. The molecule has 0 aromatic heterocycles. The Bertz CT molecular complexity index is 862. The Morgan fingerprint density at radius 2 is 1.83 bits per heavy atom. The van der Waals surface area contributed by atoms with E-state index >= 15 is 0 Å². The third-order valence-electron chi connectivity index (χ3n) is 6.69. The first-order chi connectivity index (χ1) is 14.6. The Morgan fingerprint density at radius 1 is 1.07 bits per heavy atom. The van der Waals surface area contributed by atoms with Crippen LogP contribution in [-0.2, 0) is 29.0 Å². The van der Waals surface area contributed by atoms with Crippen molar-refractivity contribution in [1.82, 2.24) is 9.80 Å². The maximum absolute atomic E-state index is 12.4. The van der Waals surface area contributed by atoms with E-state index in [1.54, 1.807) is 7.11 Å². The topological polar surface area (TPSA) is 32.8 Å². The van der Waals surface area contributed by atoms with Gasteiger partial charge in [-0.3, -0.25) is 4.79 Å². The number of hydrogen-bond acceptors (Lipinski definition) is 3. The van der Waals surface area contributed by atoms with Crippen LogP contribution in [0.15, 0.2) is 42.5 Å². The summed E-state index contributed by atoms with van der Waals surface area (Å²) in [5, 5.41) is 0. The molecule has 0 radical (unpaired) electrons. The van der Waals surface area contributed by atoms with Gasteiger partial charge in [-0.15, -0.1) is 0 Å². The van der Waals surface area contributed by atoms with Crippen LogP contribution in [-0.4, -0.2) is 48.6 Å². The zero-order valence-electron chi connectivity index (χ0n) is 18.4. The third-order valence-corrected chi connectivity index (χ3v) is 6.69. The second-order valence-corrected chi connectivity index (χ2v) is 8.80. The van der Waals surface area contributed by atoms with Crippen LogP contribution in [0.1, 0.15) is 49.3 Å². The predicted molar refractivity (Wildman–Crippen MR) is 121 cm³/mol. The van der Waals surface area contributed by atoms with Gasteiger partial charge in [0.1, 0.15) is 0 Å². The van der Waals surface area contributed by atoms with E-state index in [0.717, 1.165) is 38.5 Å². The summed E-state index contributed by atoms with van der Waals surface area (Å²) < 4.78 is 5.06. The van der Waals surface area contributed by atoms with Gasteiger partial charge in [0, 0.05) is 45.8 Å². The highest BCUT2D eigenvalue weighted by Crippen LogP contribution is 2.29. The number of benzene rings is 2. The number of ether oxygens (including phenoxy) is 1. The Balaban J connectivity index is 1.35. The van der Waals surface area contributed by atoms with Crippen molar-refractivity contribution in [2.45, 2.75) is 58.2 Å². The summed E-state index contributed by atoms with van der Waals surface area (Å²) >= 11 is 0. The average molecular weight is 407 g/mol. The fourth-order valence-electron chi connectivity index (χ4n) is 4.74. The summed E-state index contributed by atoms with van der Waals surface area (Å²) in [4.78, 5) is 17.0. The zero-order chi connectivity index (χ0) is 20.9. The van der Waals surface area contributed by atoms with Crippen LogP contribution >= 0.6 is 0 Å². The Morgan fingerprint density at radius 3 is 2.57 bits per heavy atom. The first kappa shape index (κ1) is 21.1. The molecule has 2 aromatic rings. The fraction of sp³-hybridized carbons (Fsp3) is 0.500. The van der Waals surface area contributed by atoms with Gasteiger partial charge in [0.25, 0.3) is 0 Å². The number of rotatable bonds is 8. The number of carbonyl (C=O) groups is 1. The van der Waals surface area contributed by atoms with Crippen molar-refractivity contribution in [1.29, 1.82) is 0 Å². The molecule has 1 saturated heterocycles. The molecule has 0 bridgehead atoms. The largest absolute Gasteiger partial charge is 0.385 e. The van der Waals surface area contributed by atoms with Crippen molar-refractivity contribution in [2.75, 3.05) is 26.8 Å².